The van der Waals surface area contributed by atoms with Gasteiger partial charge >= 0.3 is 0 Å². The van der Waals surface area contributed by atoms with Crippen molar-refractivity contribution in [1.82, 2.24) is 10.2 Å². The molecule has 1 heterocycles. The van der Waals surface area contributed by atoms with Gasteiger partial charge in [0, 0.05) is 31.2 Å². The van der Waals surface area contributed by atoms with Crippen molar-refractivity contribution in [2.24, 2.45) is 0 Å². The molecule has 1 N–H and O–H groups in total. The van der Waals surface area contributed by atoms with Crippen LogP contribution in [0.2, 0.25) is 0 Å². The van der Waals surface area contributed by atoms with Crippen LogP contribution in [0.5, 0.6) is 0 Å². The first-order valence-corrected chi connectivity index (χ1v) is 7.84. The van der Waals surface area contributed by atoms with Gasteiger partial charge in [-0.05, 0) is 25.0 Å². The molecule has 1 fully saturated rings. The monoisotopic (exact) mass is 280 g/mol. The third-order valence-electron chi connectivity index (χ3n) is 4.51. The van der Waals surface area contributed by atoms with E-state index in [-0.39, 0.29) is 0 Å². The van der Waals surface area contributed by atoms with E-state index in [4.69, 9.17) is 0 Å². The summed E-state index contributed by atoms with van der Waals surface area (Å²) in [6, 6.07) is 23.1. The van der Waals surface area contributed by atoms with Crippen molar-refractivity contribution >= 4 is 0 Å². The largest absolute Gasteiger partial charge is 0.311 e. The van der Waals surface area contributed by atoms with Gasteiger partial charge in [0.05, 0.1) is 0 Å². The first-order valence-electron chi connectivity index (χ1n) is 7.84. The van der Waals surface area contributed by atoms with Crippen molar-refractivity contribution in [3.05, 3.63) is 71.8 Å². The molecule has 3 unspecified atom stereocenters. The van der Waals surface area contributed by atoms with Gasteiger partial charge in [-0.15, -0.1) is 0 Å². The Labute approximate surface area is 127 Å². The minimum atomic E-state index is 0.431. The van der Waals surface area contributed by atoms with Crippen LogP contribution in [-0.2, 0) is 0 Å². The van der Waals surface area contributed by atoms with E-state index < -0.39 is 0 Å². The summed E-state index contributed by atoms with van der Waals surface area (Å²) in [6.07, 6.45) is 0. The fourth-order valence-electron chi connectivity index (χ4n) is 3.27. The van der Waals surface area contributed by atoms with Crippen molar-refractivity contribution in [2.75, 3.05) is 13.1 Å². The van der Waals surface area contributed by atoms with Crippen molar-refractivity contribution < 1.29 is 0 Å². The third kappa shape index (κ3) is 3.17. The van der Waals surface area contributed by atoms with Gasteiger partial charge < -0.3 is 5.32 Å². The molecule has 0 radical (unpaired) electrons. The highest BCUT2D eigenvalue weighted by atomic mass is 15.2. The molecule has 0 aliphatic carbocycles. The van der Waals surface area contributed by atoms with Crippen LogP contribution in [0, 0.1) is 0 Å². The zero-order valence-corrected chi connectivity index (χ0v) is 12.9. The van der Waals surface area contributed by atoms with Crippen molar-refractivity contribution in [2.45, 2.75) is 32.0 Å². The molecule has 0 bridgehead atoms. The highest BCUT2D eigenvalue weighted by Gasteiger charge is 2.30. The van der Waals surface area contributed by atoms with Gasteiger partial charge in [0.2, 0.25) is 0 Å². The number of benzene rings is 2. The molecule has 110 valence electrons. The van der Waals surface area contributed by atoms with Crippen molar-refractivity contribution in [1.29, 1.82) is 0 Å². The lowest BCUT2D eigenvalue weighted by Crippen LogP contribution is -2.51. The second-order valence-electron chi connectivity index (χ2n) is 6.02. The van der Waals surface area contributed by atoms with Crippen molar-refractivity contribution in [3.8, 4) is 0 Å². The maximum absolute atomic E-state index is 3.63. The zero-order valence-electron chi connectivity index (χ0n) is 12.9. The number of piperazine rings is 1. The molecule has 1 saturated heterocycles. The van der Waals surface area contributed by atoms with Gasteiger partial charge in [0.25, 0.3) is 0 Å². The highest BCUT2D eigenvalue weighted by molar-refractivity contribution is 5.23. The zero-order chi connectivity index (χ0) is 14.7. The fraction of sp³-hybridized carbons (Fsp3) is 0.368. The Morgan fingerprint density at radius 1 is 1.00 bits per heavy atom. The van der Waals surface area contributed by atoms with E-state index in [9.17, 15) is 0 Å². The quantitative estimate of drug-likeness (QED) is 0.920. The van der Waals surface area contributed by atoms with Gasteiger partial charge in [-0.3, -0.25) is 4.90 Å². The normalized spacial score (nSPS) is 24.7. The molecule has 1 aliphatic rings. The topological polar surface area (TPSA) is 15.3 Å². The summed E-state index contributed by atoms with van der Waals surface area (Å²) < 4.78 is 0. The van der Waals surface area contributed by atoms with Gasteiger partial charge in [0.1, 0.15) is 0 Å². The van der Waals surface area contributed by atoms with E-state index in [0.717, 1.165) is 13.1 Å². The van der Waals surface area contributed by atoms with Crippen LogP contribution in [0.25, 0.3) is 0 Å². The maximum atomic E-state index is 3.63. The van der Waals surface area contributed by atoms with Crippen LogP contribution < -0.4 is 5.32 Å². The Morgan fingerprint density at radius 3 is 2.29 bits per heavy atom. The summed E-state index contributed by atoms with van der Waals surface area (Å²) in [5, 5.41) is 3.63. The predicted molar refractivity (Wildman–Crippen MR) is 88.2 cm³/mol. The van der Waals surface area contributed by atoms with Gasteiger partial charge in [0.15, 0.2) is 0 Å². The number of rotatable bonds is 3. The van der Waals surface area contributed by atoms with Crippen molar-refractivity contribution in [3.63, 3.8) is 0 Å². The first-order chi connectivity index (χ1) is 10.3. The second-order valence-corrected chi connectivity index (χ2v) is 6.02. The molecule has 2 heteroatoms. The highest BCUT2D eigenvalue weighted by Crippen LogP contribution is 2.32. The lowest BCUT2D eigenvalue weighted by Gasteiger charge is -2.43. The average Bonchev–Trinajstić information content (AvgIpc) is 2.56. The van der Waals surface area contributed by atoms with Gasteiger partial charge in [-0.2, -0.15) is 0 Å². The number of nitrogens with zero attached hydrogens (tertiary/aromatic N) is 1. The Kier molecular flexibility index (Phi) is 4.37. The Morgan fingerprint density at radius 2 is 1.62 bits per heavy atom. The maximum Gasteiger partial charge on any atom is 0.0479 e. The van der Waals surface area contributed by atoms with E-state index in [1.54, 1.807) is 0 Å². The molecule has 0 aromatic heterocycles. The number of hydrogen-bond acceptors (Lipinski definition) is 2. The van der Waals surface area contributed by atoms with E-state index in [1.165, 1.54) is 11.1 Å². The van der Waals surface area contributed by atoms with E-state index in [0.29, 0.717) is 18.1 Å². The lowest BCUT2D eigenvalue weighted by molar-refractivity contribution is 0.0929. The Hall–Kier alpha value is -1.64. The van der Waals surface area contributed by atoms with Crippen LogP contribution >= 0.6 is 0 Å². The van der Waals surface area contributed by atoms with Gasteiger partial charge in [-0.1, -0.05) is 60.7 Å². The van der Waals surface area contributed by atoms with Crippen LogP contribution in [0.15, 0.2) is 60.7 Å². The van der Waals surface area contributed by atoms with Crippen LogP contribution in [0.4, 0.5) is 0 Å². The second kappa shape index (κ2) is 6.42. The fourth-order valence-corrected chi connectivity index (χ4v) is 3.27. The summed E-state index contributed by atoms with van der Waals surface area (Å²) >= 11 is 0. The van der Waals surface area contributed by atoms with Gasteiger partial charge in [-0.25, -0.2) is 0 Å². The number of hydrogen-bond donors (Lipinski definition) is 1. The molecular formula is C19H24N2. The SMILES string of the molecule is CC1CN(C(C)c2ccccc2)C(c2ccccc2)CN1. The number of nitrogens with one attached hydrogen (secondary N) is 1. The minimum Gasteiger partial charge on any atom is -0.311 e. The summed E-state index contributed by atoms with van der Waals surface area (Å²) in [5.41, 5.74) is 2.80. The predicted octanol–water partition coefficient (Wildman–Crippen LogP) is 3.78. The molecule has 2 aromatic rings. The van der Waals surface area contributed by atoms with E-state index in [2.05, 4.69) is 84.7 Å². The summed E-state index contributed by atoms with van der Waals surface area (Å²) in [4.78, 5) is 2.63. The molecule has 21 heavy (non-hydrogen) atoms. The molecule has 2 aromatic carbocycles. The lowest BCUT2D eigenvalue weighted by atomic mass is 9.97. The molecule has 0 amide bonds. The molecule has 2 nitrogen and oxygen atoms in total. The van der Waals surface area contributed by atoms with Crippen LogP contribution in [-0.4, -0.2) is 24.0 Å². The Balaban J connectivity index is 1.88. The Bertz CT molecular complexity index is 552. The summed E-state index contributed by atoms with van der Waals surface area (Å²) in [5.74, 6) is 0. The van der Waals surface area contributed by atoms with E-state index >= 15 is 0 Å². The molecular weight excluding hydrogens is 256 g/mol. The molecule has 3 atom stereocenters. The third-order valence-corrected chi connectivity index (χ3v) is 4.51. The standard InChI is InChI=1S/C19H24N2/c1-15-14-21(16(2)17-9-5-3-6-10-17)19(13-20-15)18-11-7-4-8-12-18/h3-12,15-16,19-20H,13-14H2,1-2H3. The minimum absolute atomic E-state index is 0.431. The molecule has 1 aliphatic heterocycles. The van der Waals surface area contributed by atoms with Crippen LogP contribution in [0.3, 0.4) is 0 Å². The first kappa shape index (κ1) is 14.3. The summed E-state index contributed by atoms with van der Waals surface area (Å²) in [6.45, 7) is 6.69. The smallest absolute Gasteiger partial charge is 0.0479 e. The average molecular weight is 280 g/mol. The summed E-state index contributed by atoms with van der Waals surface area (Å²) in [7, 11) is 0. The molecule has 0 spiro atoms. The molecule has 3 rings (SSSR count). The van der Waals surface area contributed by atoms with E-state index in [1.807, 2.05) is 0 Å². The van der Waals surface area contributed by atoms with Crippen LogP contribution in [0.1, 0.15) is 37.1 Å². The molecule has 0 saturated carbocycles.